The molecular formula is C12H14F3NO. The van der Waals surface area contributed by atoms with Crippen LogP contribution in [0.25, 0.3) is 0 Å². The van der Waals surface area contributed by atoms with Gasteiger partial charge < -0.3 is 10.1 Å². The topological polar surface area (TPSA) is 21.3 Å². The van der Waals surface area contributed by atoms with Crippen molar-refractivity contribution >= 4 is 5.69 Å². The molecule has 0 aromatic heterocycles. The monoisotopic (exact) mass is 245 g/mol. The van der Waals surface area contributed by atoms with Crippen molar-refractivity contribution in [2.24, 2.45) is 5.92 Å². The highest BCUT2D eigenvalue weighted by atomic mass is 19.1. The summed E-state index contributed by atoms with van der Waals surface area (Å²) < 4.78 is 44.6. The maximum absolute atomic E-state index is 13.4. The number of rotatable bonds is 5. The van der Waals surface area contributed by atoms with Gasteiger partial charge in [-0.25, -0.2) is 13.2 Å². The molecule has 0 heterocycles. The van der Waals surface area contributed by atoms with Crippen LogP contribution in [0.3, 0.4) is 0 Å². The van der Waals surface area contributed by atoms with E-state index in [0.29, 0.717) is 24.7 Å². The van der Waals surface area contributed by atoms with Gasteiger partial charge in [-0.05, 0) is 18.8 Å². The molecule has 0 spiro atoms. The number of hydrogen-bond donors (Lipinski definition) is 1. The molecule has 1 fully saturated rings. The van der Waals surface area contributed by atoms with Crippen LogP contribution in [0.5, 0.6) is 0 Å². The van der Waals surface area contributed by atoms with E-state index in [1.165, 1.54) is 7.11 Å². The molecule has 0 radical (unpaired) electrons. The summed E-state index contributed by atoms with van der Waals surface area (Å²) in [7, 11) is 1.54. The summed E-state index contributed by atoms with van der Waals surface area (Å²) in [6.45, 7) is 0.376. The smallest absolute Gasteiger partial charge is 0.152 e. The van der Waals surface area contributed by atoms with E-state index in [-0.39, 0.29) is 11.7 Å². The third-order valence-electron chi connectivity index (χ3n) is 2.87. The maximum atomic E-state index is 13.4. The minimum absolute atomic E-state index is 0.130. The van der Waals surface area contributed by atoms with Gasteiger partial charge >= 0.3 is 0 Å². The quantitative estimate of drug-likeness (QED) is 0.861. The summed E-state index contributed by atoms with van der Waals surface area (Å²) in [6, 6.07) is 1.21. The number of methoxy groups -OCH3 is 1. The summed E-state index contributed by atoms with van der Waals surface area (Å²) in [5.74, 6) is -2.37. The Labute approximate surface area is 97.8 Å². The Kier molecular flexibility index (Phi) is 3.57. The first kappa shape index (κ1) is 12.2. The van der Waals surface area contributed by atoms with Gasteiger partial charge in [0, 0.05) is 19.2 Å². The van der Waals surface area contributed by atoms with Crippen molar-refractivity contribution in [1.29, 1.82) is 0 Å². The molecule has 0 amide bonds. The van der Waals surface area contributed by atoms with E-state index in [9.17, 15) is 13.2 Å². The fourth-order valence-electron chi connectivity index (χ4n) is 1.84. The van der Waals surface area contributed by atoms with Crippen LogP contribution in [0.2, 0.25) is 0 Å². The number of anilines is 1. The lowest BCUT2D eigenvalue weighted by molar-refractivity contribution is 0.179. The molecule has 17 heavy (non-hydrogen) atoms. The van der Waals surface area contributed by atoms with Crippen LogP contribution in [0.4, 0.5) is 18.9 Å². The van der Waals surface area contributed by atoms with Gasteiger partial charge in [-0.2, -0.15) is 0 Å². The van der Waals surface area contributed by atoms with E-state index in [1.807, 2.05) is 0 Å². The Bertz CT molecular complexity index is 384. The van der Waals surface area contributed by atoms with Crippen LogP contribution in [-0.2, 0) is 4.74 Å². The zero-order chi connectivity index (χ0) is 12.4. The van der Waals surface area contributed by atoms with Crippen molar-refractivity contribution in [1.82, 2.24) is 0 Å². The second kappa shape index (κ2) is 4.96. The fourth-order valence-corrected chi connectivity index (χ4v) is 1.84. The van der Waals surface area contributed by atoms with E-state index in [0.717, 1.165) is 12.8 Å². The summed E-state index contributed by atoms with van der Waals surface area (Å²) in [4.78, 5) is 0. The zero-order valence-electron chi connectivity index (χ0n) is 9.47. The highest BCUT2D eigenvalue weighted by Crippen LogP contribution is 2.35. The summed E-state index contributed by atoms with van der Waals surface area (Å²) in [5, 5.41) is 2.76. The highest BCUT2D eigenvalue weighted by Gasteiger charge is 2.32. The largest absolute Gasteiger partial charge is 0.383 e. The van der Waals surface area contributed by atoms with Gasteiger partial charge in [0.25, 0.3) is 0 Å². The molecule has 1 saturated carbocycles. The normalized spacial score (nSPS) is 16.9. The lowest BCUT2D eigenvalue weighted by Gasteiger charge is -2.19. The van der Waals surface area contributed by atoms with E-state index < -0.39 is 17.5 Å². The molecule has 1 aliphatic rings. The van der Waals surface area contributed by atoms with E-state index in [4.69, 9.17) is 4.74 Å². The van der Waals surface area contributed by atoms with Crippen LogP contribution in [0.1, 0.15) is 12.8 Å². The van der Waals surface area contributed by atoms with Crippen molar-refractivity contribution in [3.05, 3.63) is 29.6 Å². The Morgan fingerprint density at radius 3 is 2.35 bits per heavy atom. The zero-order valence-corrected chi connectivity index (χ0v) is 9.47. The molecule has 2 nitrogen and oxygen atoms in total. The van der Waals surface area contributed by atoms with Gasteiger partial charge in [0.1, 0.15) is 11.5 Å². The lowest BCUT2D eigenvalue weighted by Crippen LogP contribution is -2.28. The van der Waals surface area contributed by atoms with Crippen molar-refractivity contribution in [3.8, 4) is 0 Å². The molecule has 1 atom stereocenters. The first-order chi connectivity index (χ1) is 8.11. The predicted molar refractivity (Wildman–Crippen MR) is 58.3 cm³/mol. The van der Waals surface area contributed by atoms with Gasteiger partial charge in [-0.15, -0.1) is 0 Å². The van der Waals surface area contributed by atoms with Crippen LogP contribution >= 0.6 is 0 Å². The Balaban J connectivity index is 2.16. The molecule has 94 valence electrons. The van der Waals surface area contributed by atoms with Gasteiger partial charge in [0.05, 0.1) is 12.6 Å². The van der Waals surface area contributed by atoms with Crippen molar-refractivity contribution in [3.63, 3.8) is 0 Å². The second-order valence-corrected chi connectivity index (χ2v) is 4.29. The molecule has 5 heteroatoms. The molecule has 1 N–H and O–H groups in total. The molecule has 0 aliphatic heterocycles. The molecule has 1 aromatic rings. The van der Waals surface area contributed by atoms with E-state index in [1.54, 1.807) is 0 Å². The molecule has 0 bridgehead atoms. The average molecular weight is 245 g/mol. The van der Waals surface area contributed by atoms with Crippen molar-refractivity contribution in [2.75, 3.05) is 19.0 Å². The average Bonchev–Trinajstić information content (AvgIpc) is 3.05. The molecule has 1 unspecified atom stereocenters. The summed E-state index contributed by atoms with van der Waals surface area (Å²) >= 11 is 0. The summed E-state index contributed by atoms with van der Waals surface area (Å²) in [6.07, 6.45) is 2.04. The van der Waals surface area contributed by atoms with Gasteiger partial charge in [-0.3, -0.25) is 0 Å². The standard InChI is InChI=1S/C12H14F3NO/c1-17-6-11(7-2-3-7)16-12-9(14)4-8(13)5-10(12)15/h4-5,7,11,16H,2-3,6H2,1H3. The first-order valence-electron chi connectivity index (χ1n) is 5.52. The van der Waals surface area contributed by atoms with E-state index in [2.05, 4.69) is 5.32 Å². The molecule has 0 saturated heterocycles. The van der Waals surface area contributed by atoms with Crippen LogP contribution in [-0.4, -0.2) is 19.8 Å². The third-order valence-corrected chi connectivity index (χ3v) is 2.87. The van der Waals surface area contributed by atoms with Crippen LogP contribution in [0, 0.1) is 23.4 Å². The maximum Gasteiger partial charge on any atom is 0.152 e. The second-order valence-electron chi connectivity index (χ2n) is 4.29. The third kappa shape index (κ3) is 2.91. The van der Waals surface area contributed by atoms with Crippen LogP contribution in [0.15, 0.2) is 12.1 Å². The van der Waals surface area contributed by atoms with Crippen molar-refractivity contribution in [2.45, 2.75) is 18.9 Å². The number of ether oxygens (including phenoxy) is 1. The minimum atomic E-state index is -0.916. The molecule has 2 rings (SSSR count). The Morgan fingerprint density at radius 2 is 1.88 bits per heavy atom. The highest BCUT2D eigenvalue weighted by molar-refractivity contribution is 5.47. The fraction of sp³-hybridized carbons (Fsp3) is 0.500. The number of benzene rings is 1. The van der Waals surface area contributed by atoms with Crippen LogP contribution < -0.4 is 5.32 Å². The van der Waals surface area contributed by atoms with Gasteiger partial charge in [0.2, 0.25) is 0 Å². The summed E-state index contributed by atoms with van der Waals surface area (Å²) in [5.41, 5.74) is -0.277. The number of nitrogens with one attached hydrogen (secondary N) is 1. The molecular weight excluding hydrogens is 231 g/mol. The minimum Gasteiger partial charge on any atom is -0.383 e. The predicted octanol–water partition coefficient (Wildman–Crippen LogP) is 2.94. The van der Waals surface area contributed by atoms with E-state index >= 15 is 0 Å². The lowest BCUT2D eigenvalue weighted by atomic mass is 10.1. The van der Waals surface area contributed by atoms with Gasteiger partial charge in [0.15, 0.2) is 11.6 Å². The van der Waals surface area contributed by atoms with Crippen molar-refractivity contribution < 1.29 is 17.9 Å². The first-order valence-corrected chi connectivity index (χ1v) is 5.52. The molecule has 1 aromatic carbocycles. The molecule has 1 aliphatic carbocycles. The number of halogens is 3. The SMILES string of the molecule is COCC(Nc1c(F)cc(F)cc1F)C1CC1. The van der Waals surface area contributed by atoms with Gasteiger partial charge in [-0.1, -0.05) is 0 Å². The number of hydrogen-bond acceptors (Lipinski definition) is 2. The Morgan fingerprint density at radius 1 is 1.29 bits per heavy atom. The Hall–Kier alpha value is -1.23.